The summed E-state index contributed by atoms with van der Waals surface area (Å²) in [7, 11) is 0. The predicted octanol–water partition coefficient (Wildman–Crippen LogP) is 3.97. The molecule has 7 nitrogen and oxygen atoms in total. The molecule has 2 aromatic carbocycles. The Hall–Kier alpha value is -3.78. The van der Waals surface area contributed by atoms with Gasteiger partial charge in [0, 0.05) is 34.2 Å². The van der Waals surface area contributed by atoms with Crippen LogP contribution in [0.2, 0.25) is 0 Å². The fourth-order valence-corrected chi connectivity index (χ4v) is 4.00. The van der Waals surface area contributed by atoms with Crippen molar-refractivity contribution < 1.29 is 14.3 Å². The maximum Gasteiger partial charge on any atom is 0.258 e. The third-order valence-electron chi connectivity index (χ3n) is 4.76. The van der Waals surface area contributed by atoms with Crippen molar-refractivity contribution in [1.29, 1.82) is 0 Å². The molecule has 0 fully saturated rings. The van der Waals surface area contributed by atoms with E-state index in [0.717, 1.165) is 10.6 Å². The lowest BCUT2D eigenvalue weighted by Gasteiger charge is -2.08. The number of hydrogen-bond acceptors (Lipinski definition) is 6. The third-order valence-corrected chi connectivity index (χ3v) is 5.80. The summed E-state index contributed by atoms with van der Waals surface area (Å²) in [4.78, 5) is 30.2. The lowest BCUT2D eigenvalue weighted by molar-refractivity contribution is 0.102. The number of hydrogen-bond donors (Lipinski definition) is 1. The molecule has 0 unspecified atom stereocenters. The van der Waals surface area contributed by atoms with E-state index in [1.165, 1.54) is 4.40 Å². The van der Waals surface area contributed by atoms with Crippen molar-refractivity contribution >= 4 is 29.0 Å². The first-order valence-electron chi connectivity index (χ1n) is 9.57. The Balaban J connectivity index is 1.23. The van der Waals surface area contributed by atoms with Gasteiger partial charge >= 0.3 is 0 Å². The summed E-state index contributed by atoms with van der Waals surface area (Å²) in [6.45, 7) is 0.170. The molecule has 0 saturated carbocycles. The molecule has 3 heterocycles. The van der Waals surface area contributed by atoms with Crippen molar-refractivity contribution in [2.24, 2.45) is 0 Å². The number of nitrogens with zero attached hydrogens (tertiary/aromatic N) is 2. The Kier molecular flexibility index (Phi) is 5.05. The zero-order valence-electron chi connectivity index (χ0n) is 16.3. The predicted molar refractivity (Wildman–Crippen MR) is 118 cm³/mol. The normalized spacial score (nSPS) is 12.1. The highest BCUT2D eigenvalue weighted by molar-refractivity contribution is 7.98. The van der Waals surface area contributed by atoms with E-state index in [9.17, 15) is 9.59 Å². The summed E-state index contributed by atoms with van der Waals surface area (Å²) in [5.74, 6) is 1.56. The van der Waals surface area contributed by atoms with Gasteiger partial charge < -0.3 is 14.8 Å². The van der Waals surface area contributed by atoms with E-state index in [1.807, 2.05) is 36.4 Å². The minimum Gasteiger partial charge on any atom is -0.454 e. The molecule has 8 heteroatoms. The van der Waals surface area contributed by atoms with Crippen LogP contribution in [0.5, 0.6) is 11.5 Å². The molecule has 154 valence electrons. The number of carbonyl (C=O) groups excluding carboxylic acids is 1. The number of rotatable bonds is 5. The van der Waals surface area contributed by atoms with E-state index in [0.29, 0.717) is 34.1 Å². The molecule has 0 atom stereocenters. The van der Waals surface area contributed by atoms with E-state index in [2.05, 4.69) is 10.3 Å². The number of anilines is 1. The standard InChI is InChI=1S/C23H17N3O4S/c27-22-12-17(24-21-3-1-2-10-26(21)22)13-31-18-7-5-16(6-8-18)25-23(28)15-4-9-19-20(11-15)30-14-29-19/h1-12H,13-14H2,(H,25,28). The number of thioether (sulfide) groups is 1. The monoisotopic (exact) mass is 431 g/mol. The second-order valence-electron chi connectivity index (χ2n) is 6.85. The molecule has 2 aromatic heterocycles. The number of pyridine rings is 1. The summed E-state index contributed by atoms with van der Waals surface area (Å²) in [6, 6.07) is 19.7. The molecule has 5 rings (SSSR count). The van der Waals surface area contributed by atoms with Crippen LogP contribution in [0.15, 0.2) is 82.6 Å². The number of fused-ring (bicyclic) bond motifs is 2. The quantitative estimate of drug-likeness (QED) is 0.482. The van der Waals surface area contributed by atoms with Gasteiger partial charge in [0.1, 0.15) is 5.65 Å². The van der Waals surface area contributed by atoms with Crippen molar-refractivity contribution in [3.63, 3.8) is 0 Å². The van der Waals surface area contributed by atoms with Gasteiger partial charge in [-0.05, 0) is 54.6 Å². The van der Waals surface area contributed by atoms with Crippen molar-refractivity contribution in [2.45, 2.75) is 10.6 Å². The van der Waals surface area contributed by atoms with E-state index in [-0.39, 0.29) is 18.3 Å². The summed E-state index contributed by atoms with van der Waals surface area (Å²) in [5.41, 5.74) is 2.45. The van der Waals surface area contributed by atoms with Gasteiger partial charge in [0.05, 0.1) is 5.69 Å². The third kappa shape index (κ3) is 4.10. The first-order chi connectivity index (χ1) is 15.2. The average Bonchev–Trinajstić information content (AvgIpc) is 3.27. The number of amides is 1. The van der Waals surface area contributed by atoms with Crippen LogP contribution in [0.4, 0.5) is 5.69 Å². The van der Waals surface area contributed by atoms with Gasteiger partial charge in [0.2, 0.25) is 6.79 Å². The zero-order valence-corrected chi connectivity index (χ0v) is 17.1. The fraction of sp³-hybridized carbons (Fsp3) is 0.0870. The van der Waals surface area contributed by atoms with Gasteiger partial charge in [-0.1, -0.05) is 6.07 Å². The fourth-order valence-electron chi connectivity index (χ4n) is 3.21. The lowest BCUT2D eigenvalue weighted by atomic mass is 10.2. The molecule has 4 aromatic rings. The molecule has 1 aliphatic heterocycles. The van der Waals surface area contributed by atoms with Crippen molar-refractivity contribution in [1.82, 2.24) is 9.38 Å². The minimum atomic E-state index is -0.223. The molecule has 0 radical (unpaired) electrons. The molecule has 31 heavy (non-hydrogen) atoms. The van der Waals surface area contributed by atoms with Crippen LogP contribution in [-0.2, 0) is 5.75 Å². The van der Waals surface area contributed by atoms with Crippen LogP contribution < -0.4 is 20.3 Å². The number of carbonyl (C=O) groups is 1. The van der Waals surface area contributed by atoms with Gasteiger partial charge in [0.15, 0.2) is 11.5 Å². The highest BCUT2D eigenvalue weighted by Crippen LogP contribution is 2.32. The smallest absolute Gasteiger partial charge is 0.258 e. The zero-order chi connectivity index (χ0) is 21.2. The highest BCUT2D eigenvalue weighted by Gasteiger charge is 2.16. The van der Waals surface area contributed by atoms with E-state index in [4.69, 9.17) is 9.47 Å². The van der Waals surface area contributed by atoms with E-state index >= 15 is 0 Å². The van der Waals surface area contributed by atoms with Crippen LogP contribution in [0.3, 0.4) is 0 Å². The molecule has 0 aliphatic carbocycles. The highest BCUT2D eigenvalue weighted by atomic mass is 32.2. The second-order valence-corrected chi connectivity index (χ2v) is 7.90. The van der Waals surface area contributed by atoms with E-state index in [1.54, 1.807) is 48.3 Å². The summed E-state index contributed by atoms with van der Waals surface area (Å²) < 4.78 is 12.1. The molecule has 0 bridgehead atoms. The first kappa shape index (κ1) is 19.2. The number of nitrogens with one attached hydrogen (secondary N) is 1. The second kappa shape index (κ2) is 8.16. The van der Waals surface area contributed by atoms with Crippen LogP contribution in [0.1, 0.15) is 16.1 Å². The number of benzene rings is 2. The van der Waals surface area contributed by atoms with Crippen molar-refractivity contribution in [2.75, 3.05) is 12.1 Å². The Morgan fingerprint density at radius 3 is 2.74 bits per heavy atom. The average molecular weight is 431 g/mol. The molecule has 1 N–H and O–H groups in total. The Morgan fingerprint density at radius 2 is 1.87 bits per heavy atom. The van der Waals surface area contributed by atoms with Gasteiger partial charge in [-0.25, -0.2) is 4.98 Å². The Labute approximate surface area is 181 Å². The summed E-state index contributed by atoms with van der Waals surface area (Å²) in [5, 5.41) is 2.88. The Morgan fingerprint density at radius 1 is 1.03 bits per heavy atom. The molecular formula is C23H17N3O4S. The van der Waals surface area contributed by atoms with Crippen LogP contribution >= 0.6 is 11.8 Å². The summed E-state index contributed by atoms with van der Waals surface area (Å²) >= 11 is 1.57. The largest absolute Gasteiger partial charge is 0.454 e. The number of ether oxygens (including phenoxy) is 2. The maximum absolute atomic E-state index is 12.5. The first-order valence-corrected chi connectivity index (χ1v) is 10.6. The van der Waals surface area contributed by atoms with Crippen molar-refractivity contribution in [3.8, 4) is 11.5 Å². The molecule has 1 aliphatic rings. The number of aromatic nitrogens is 2. The molecule has 0 spiro atoms. The van der Waals surface area contributed by atoms with Crippen LogP contribution in [-0.4, -0.2) is 22.1 Å². The Bertz CT molecular complexity index is 1330. The molecule has 0 saturated heterocycles. The SMILES string of the molecule is O=C(Nc1ccc(SCc2cc(=O)n3ccccc3n2)cc1)c1ccc2c(c1)OCO2. The lowest BCUT2D eigenvalue weighted by Crippen LogP contribution is -2.14. The van der Waals surface area contributed by atoms with Gasteiger partial charge in [-0.2, -0.15) is 0 Å². The molecule has 1 amide bonds. The van der Waals surface area contributed by atoms with Gasteiger partial charge in [-0.3, -0.25) is 14.0 Å². The topological polar surface area (TPSA) is 81.9 Å². The maximum atomic E-state index is 12.5. The van der Waals surface area contributed by atoms with Gasteiger partial charge in [-0.15, -0.1) is 11.8 Å². The molecular weight excluding hydrogens is 414 g/mol. The summed E-state index contributed by atoms with van der Waals surface area (Å²) in [6.07, 6.45) is 1.71. The van der Waals surface area contributed by atoms with Crippen molar-refractivity contribution in [3.05, 3.63) is 94.5 Å². The van der Waals surface area contributed by atoms with Crippen LogP contribution in [0.25, 0.3) is 5.65 Å². The van der Waals surface area contributed by atoms with Crippen LogP contribution in [0, 0.1) is 0 Å². The van der Waals surface area contributed by atoms with E-state index < -0.39 is 0 Å². The minimum absolute atomic E-state index is 0.0947. The van der Waals surface area contributed by atoms with Gasteiger partial charge in [0.25, 0.3) is 11.5 Å².